The van der Waals surface area contributed by atoms with Crippen molar-refractivity contribution in [1.82, 2.24) is 9.78 Å². The topological polar surface area (TPSA) is 44.1 Å². The fourth-order valence-corrected chi connectivity index (χ4v) is 3.05. The van der Waals surface area contributed by atoms with Gasteiger partial charge >= 0.3 is 0 Å². The summed E-state index contributed by atoms with van der Waals surface area (Å²) < 4.78 is 7.73. The number of Topliss-reactive ketones (excluding diaryl/α,β-unsaturated/α-hetero) is 1. The molecule has 1 saturated heterocycles. The Bertz CT molecular complexity index is 421. The second-order valence-electron chi connectivity index (χ2n) is 5.29. The fourth-order valence-electron chi connectivity index (χ4n) is 3.05. The van der Waals surface area contributed by atoms with Crippen LogP contribution in [0.5, 0.6) is 0 Å². The molecule has 3 rings (SSSR count). The van der Waals surface area contributed by atoms with Crippen molar-refractivity contribution >= 4 is 5.78 Å². The standard InChI is InChI=1S/C14H20N2O2/c17-13-6-2-1-5-11(13)12-8-9-15-16(12)14-7-3-4-10-18-14/h8-9,11,14H,1-7,10H2. The normalized spacial score (nSPS) is 29.4. The van der Waals surface area contributed by atoms with E-state index in [4.69, 9.17) is 4.74 Å². The number of carbonyl (C=O) groups is 1. The monoisotopic (exact) mass is 248 g/mol. The molecule has 2 heterocycles. The summed E-state index contributed by atoms with van der Waals surface area (Å²) in [5, 5.41) is 4.39. The molecule has 0 aromatic carbocycles. The quantitative estimate of drug-likeness (QED) is 0.808. The van der Waals surface area contributed by atoms with Crippen LogP contribution in [0.25, 0.3) is 0 Å². The molecule has 1 aromatic heterocycles. The molecule has 0 bridgehead atoms. The SMILES string of the molecule is O=C1CCCCC1c1ccnn1C1CCCCO1. The highest BCUT2D eigenvalue weighted by Crippen LogP contribution is 2.32. The van der Waals surface area contributed by atoms with E-state index in [-0.39, 0.29) is 12.1 Å². The Labute approximate surface area is 107 Å². The van der Waals surface area contributed by atoms with Crippen molar-refractivity contribution in [3.63, 3.8) is 0 Å². The predicted molar refractivity (Wildman–Crippen MR) is 67.3 cm³/mol. The van der Waals surface area contributed by atoms with Crippen LogP contribution in [0.2, 0.25) is 0 Å². The van der Waals surface area contributed by atoms with Gasteiger partial charge < -0.3 is 4.74 Å². The van der Waals surface area contributed by atoms with Crippen LogP contribution in [0.4, 0.5) is 0 Å². The van der Waals surface area contributed by atoms with Gasteiger partial charge in [0.15, 0.2) is 0 Å². The second-order valence-corrected chi connectivity index (χ2v) is 5.29. The molecule has 4 nitrogen and oxygen atoms in total. The zero-order valence-corrected chi connectivity index (χ0v) is 10.7. The number of hydrogen-bond acceptors (Lipinski definition) is 3. The van der Waals surface area contributed by atoms with Crippen molar-refractivity contribution in [2.24, 2.45) is 0 Å². The Kier molecular flexibility index (Phi) is 3.46. The van der Waals surface area contributed by atoms with E-state index in [1.165, 1.54) is 6.42 Å². The number of ether oxygens (including phenoxy) is 1. The van der Waals surface area contributed by atoms with E-state index in [9.17, 15) is 4.79 Å². The number of rotatable bonds is 2. The third-order valence-corrected chi connectivity index (χ3v) is 4.04. The van der Waals surface area contributed by atoms with Gasteiger partial charge in [-0.3, -0.25) is 4.79 Å². The van der Waals surface area contributed by atoms with Crippen LogP contribution in [0.1, 0.15) is 62.8 Å². The maximum Gasteiger partial charge on any atom is 0.150 e. The van der Waals surface area contributed by atoms with Gasteiger partial charge in [-0.1, -0.05) is 6.42 Å². The van der Waals surface area contributed by atoms with E-state index in [2.05, 4.69) is 5.10 Å². The second kappa shape index (κ2) is 5.22. The van der Waals surface area contributed by atoms with Crippen LogP contribution < -0.4 is 0 Å². The molecule has 2 unspecified atom stereocenters. The summed E-state index contributed by atoms with van der Waals surface area (Å²) in [4.78, 5) is 12.0. The van der Waals surface area contributed by atoms with Crippen LogP contribution >= 0.6 is 0 Å². The van der Waals surface area contributed by atoms with Gasteiger partial charge in [-0.15, -0.1) is 0 Å². The van der Waals surface area contributed by atoms with Gasteiger partial charge in [0.1, 0.15) is 12.0 Å². The zero-order chi connectivity index (χ0) is 12.4. The maximum atomic E-state index is 12.0. The number of ketones is 1. The Morgan fingerprint density at radius 2 is 2.11 bits per heavy atom. The predicted octanol–water partition coefficient (Wildman–Crippen LogP) is 2.81. The summed E-state index contributed by atoms with van der Waals surface area (Å²) in [7, 11) is 0. The molecule has 2 atom stereocenters. The van der Waals surface area contributed by atoms with E-state index >= 15 is 0 Å². The Morgan fingerprint density at radius 1 is 1.22 bits per heavy atom. The summed E-state index contributed by atoms with van der Waals surface area (Å²) in [6.07, 6.45) is 9.05. The first-order valence-electron chi connectivity index (χ1n) is 7.04. The van der Waals surface area contributed by atoms with Crippen molar-refractivity contribution in [3.8, 4) is 0 Å². The average Bonchev–Trinajstić information content (AvgIpc) is 2.89. The molecule has 0 amide bonds. The molecule has 4 heteroatoms. The first-order valence-corrected chi connectivity index (χ1v) is 7.04. The molecule has 2 fully saturated rings. The van der Waals surface area contributed by atoms with Gasteiger partial charge in [-0.25, -0.2) is 4.68 Å². The third-order valence-electron chi connectivity index (χ3n) is 4.04. The van der Waals surface area contributed by atoms with Crippen LogP contribution in [0, 0.1) is 0 Å². The van der Waals surface area contributed by atoms with E-state index in [1.54, 1.807) is 6.20 Å². The van der Waals surface area contributed by atoms with Gasteiger partial charge in [0.05, 0.1) is 11.6 Å². The summed E-state index contributed by atoms with van der Waals surface area (Å²) >= 11 is 0. The van der Waals surface area contributed by atoms with Crippen molar-refractivity contribution in [2.75, 3.05) is 6.61 Å². The fraction of sp³-hybridized carbons (Fsp3) is 0.714. The lowest BCUT2D eigenvalue weighted by Gasteiger charge is -2.27. The summed E-state index contributed by atoms with van der Waals surface area (Å²) in [5.41, 5.74) is 1.06. The molecular weight excluding hydrogens is 228 g/mol. The molecule has 1 aliphatic carbocycles. The molecule has 1 aromatic rings. The molecule has 98 valence electrons. The van der Waals surface area contributed by atoms with Gasteiger partial charge in [0, 0.05) is 19.2 Å². The smallest absolute Gasteiger partial charge is 0.150 e. The van der Waals surface area contributed by atoms with Gasteiger partial charge in [0.2, 0.25) is 0 Å². The molecule has 1 saturated carbocycles. The highest BCUT2D eigenvalue weighted by Gasteiger charge is 2.29. The molecule has 0 N–H and O–H groups in total. The minimum atomic E-state index is 0.0403. The molecule has 0 spiro atoms. The maximum absolute atomic E-state index is 12.0. The van der Waals surface area contributed by atoms with Gasteiger partial charge in [-0.05, 0) is 38.2 Å². The van der Waals surface area contributed by atoms with Crippen LogP contribution in [-0.2, 0) is 9.53 Å². The third kappa shape index (κ3) is 2.21. The molecule has 0 radical (unpaired) electrons. The summed E-state index contributed by atoms with van der Waals surface area (Å²) in [6.45, 7) is 0.808. The van der Waals surface area contributed by atoms with Crippen molar-refractivity contribution in [1.29, 1.82) is 0 Å². The molecule has 18 heavy (non-hydrogen) atoms. The Hall–Kier alpha value is -1.16. The summed E-state index contributed by atoms with van der Waals surface area (Å²) in [6, 6.07) is 1.99. The van der Waals surface area contributed by atoms with E-state index in [0.29, 0.717) is 5.78 Å². The number of aromatic nitrogens is 2. The van der Waals surface area contributed by atoms with E-state index in [1.807, 2.05) is 10.7 Å². The Morgan fingerprint density at radius 3 is 2.89 bits per heavy atom. The van der Waals surface area contributed by atoms with Gasteiger partial charge in [0.25, 0.3) is 0 Å². The van der Waals surface area contributed by atoms with Crippen LogP contribution in [0.15, 0.2) is 12.3 Å². The average molecular weight is 248 g/mol. The van der Waals surface area contributed by atoms with Crippen molar-refractivity contribution < 1.29 is 9.53 Å². The molecule has 2 aliphatic rings. The highest BCUT2D eigenvalue weighted by molar-refractivity contribution is 5.85. The minimum absolute atomic E-state index is 0.0403. The van der Waals surface area contributed by atoms with Crippen LogP contribution in [-0.4, -0.2) is 22.2 Å². The molecule has 1 aliphatic heterocycles. The highest BCUT2D eigenvalue weighted by atomic mass is 16.5. The van der Waals surface area contributed by atoms with Crippen molar-refractivity contribution in [3.05, 3.63) is 18.0 Å². The van der Waals surface area contributed by atoms with E-state index < -0.39 is 0 Å². The zero-order valence-electron chi connectivity index (χ0n) is 10.7. The molecular formula is C14H20N2O2. The number of hydrogen-bond donors (Lipinski definition) is 0. The lowest BCUT2D eigenvalue weighted by molar-refractivity contribution is -0.122. The lowest BCUT2D eigenvalue weighted by Crippen LogP contribution is -2.25. The first-order chi connectivity index (χ1) is 8.86. The largest absolute Gasteiger partial charge is 0.357 e. The first kappa shape index (κ1) is 11.9. The number of carbonyl (C=O) groups excluding carboxylic acids is 1. The minimum Gasteiger partial charge on any atom is -0.357 e. The Balaban J connectivity index is 1.83. The van der Waals surface area contributed by atoms with E-state index in [0.717, 1.165) is 50.8 Å². The summed E-state index contributed by atoms with van der Waals surface area (Å²) in [5.74, 6) is 0.422. The lowest BCUT2D eigenvalue weighted by atomic mass is 9.85. The van der Waals surface area contributed by atoms with Crippen molar-refractivity contribution in [2.45, 2.75) is 57.1 Å². The van der Waals surface area contributed by atoms with Gasteiger partial charge in [-0.2, -0.15) is 5.10 Å². The van der Waals surface area contributed by atoms with Crippen LogP contribution in [0.3, 0.4) is 0 Å². The number of nitrogens with zero attached hydrogens (tertiary/aromatic N) is 2.